The molecule has 2 aliphatic heterocycles. The van der Waals surface area contributed by atoms with Gasteiger partial charge in [-0.15, -0.1) is 11.3 Å². The molecule has 2 aliphatic rings. The van der Waals surface area contributed by atoms with Gasteiger partial charge in [0, 0.05) is 39.4 Å². The molecule has 1 unspecified atom stereocenters. The number of hydrogen-bond donors (Lipinski definition) is 3. The van der Waals surface area contributed by atoms with Gasteiger partial charge in [-0.3, -0.25) is 19.2 Å². The van der Waals surface area contributed by atoms with E-state index in [0.29, 0.717) is 25.8 Å². The van der Waals surface area contributed by atoms with Crippen molar-refractivity contribution >= 4 is 35.0 Å². The van der Waals surface area contributed by atoms with Gasteiger partial charge in [-0.05, 0) is 69.4 Å². The van der Waals surface area contributed by atoms with Crippen LogP contribution in [0.5, 0.6) is 0 Å². The van der Waals surface area contributed by atoms with E-state index < -0.39 is 35.7 Å². The standard InChI is InChI=1S/C42H66N6O6S/c1-10-28(4)36(47(7)40(51)35(27(2)3)46-41(52)42(6)20-14-15-21-44-42)33(53-8)26-34(49)48-23-16-19-32(48)37(54-9)29(5)38(50)45-31(39-43-22-24-55-39)25-30-17-12-11-13-18-30/h11-13,17-18,22,24,27-29,31-33,35-37,44H,10,14-16,19-21,23,25-26H2,1-9H3,(H,45,50)(H,46,52)/t28-,29+,31-,32-,33+,35-,36?,37+,42-/m0/s1. The molecule has 13 heteroatoms. The molecule has 4 amide bonds. The number of rotatable bonds is 19. The lowest BCUT2D eigenvalue weighted by molar-refractivity contribution is -0.148. The molecule has 306 valence electrons. The smallest absolute Gasteiger partial charge is 0.245 e. The molecule has 2 fully saturated rings. The van der Waals surface area contributed by atoms with Crippen LogP contribution in [0.3, 0.4) is 0 Å². The maximum atomic E-state index is 14.3. The van der Waals surface area contributed by atoms with Gasteiger partial charge in [0.1, 0.15) is 11.0 Å². The van der Waals surface area contributed by atoms with Crippen molar-refractivity contribution in [3.63, 3.8) is 0 Å². The molecule has 0 aliphatic carbocycles. The maximum absolute atomic E-state index is 14.3. The molecule has 12 nitrogen and oxygen atoms in total. The number of thiazole rings is 1. The zero-order valence-corrected chi connectivity index (χ0v) is 35.3. The van der Waals surface area contributed by atoms with Crippen LogP contribution in [0.25, 0.3) is 0 Å². The average Bonchev–Trinajstić information content (AvgIpc) is 3.90. The monoisotopic (exact) mass is 782 g/mol. The number of ether oxygens (including phenoxy) is 2. The Hall–Kier alpha value is -3.39. The molecule has 1 aromatic carbocycles. The van der Waals surface area contributed by atoms with E-state index in [9.17, 15) is 19.2 Å². The average molecular weight is 783 g/mol. The van der Waals surface area contributed by atoms with Crippen LogP contribution in [-0.4, -0.2) is 109 Å². The van der Waals surface area contributed by atoms with Gasteiger partial charge in [0.25, 0.3) is 0 Å². The summed E-state index contributed by atoms with van der Waals surface area (Å²) >= 11 is 1.51. The van der Waals surface area contributed by atoms with E-state index in [0.717, 1.165) is 42.8 Å². The predicted octanol–water partition coefficient (Wildman–Crippen LogP) is 5.14. The van der Waals surface area contributed by atoms with Crippen LogP contribution in [0.1, 0.15) is 103 Å². The zero-order chi connectivity index (χ0) is 40.3. The highest BCUT2D eigenvalue weighted by Crippen LogP contribution is 2.31. The summed E-state index contributed by atoms with van der Waals surface area (Å²) in [7, 11) is 4.95. The number of likely N-dealkylation sites (tertiary alicyclic amines) is 1. The summed E-state index contributed by atoms with van der Waals surface area (Å²) in [6.45, 7) is 13.1. The summed E-state index contributed by atoms with van der Waals surface area (Å²) in [6, 6.07) is 8.25. The number of hydrogen-bond acceptors (Lipinski definition) is 9. The Kier molecular flexibility index (Phi) is 16.7. The molecular weight excluding hydrogens is 717 g/mol. The van der Waals surface area contributed by atoms with Gasteiger partial charge in [0.15, 0.2) is 0 Å². The molecule has 0 saturated carbocycles. The Labute approximate surface area is 332 Å². The van der Waals surface area contributed by atoms with Gasteiger partial charge in [-0.1, -0.05) is 71.4 Å². The van der Waals surface area contributed by atoms with E-state index in [-0.39, 0.29) is 54.0 Å². The van der Waals surface area contributed by atoms with Crippen molar-refractivity contribution < 1.29 is 28.7 Å². The van der Waals surface area contributed by atoms with Gasteiger partial charge < -0.3 is 35.2 Å². The van der Waals surface area contributed by atoms with Crippen molar-refractivity contribution in [2.24, 2.45) is 17.8 Å². The second-order valence-corrected chi connectivity index (χ2v) is 17.0. The fourth-order valence-electron chi connectivity index (χ4n) is 8.35. The highest BCUT2D eigenvalue weighted by Gasteiger charge is 2.44. The summed E-state index contributed by atoms with van der Waals surface area (Å²) in [4.78, 5) is 64.1. The van der Waals surface area contributed by atoms with E-state index in [1.54, 1.807) is 32.4 Å². The van der Waals surface area contributed by atoms with Crippen molar-refractivity contribution in [2.75, 3.05) is 34.4 Å². The number of nitrogens with one attached hydrogen (secondary N) is 3. The van der Waals surface area contributed by atoms with E-state index in [1.165, 1.54) is 11.3 Å². The normalized spacial score (nSPS) is 22.6. The van der Waals surface area contributed by atoms with Crippen molar-refractivity contribution in [3.8, 4) is 0 Å². The predicted molar refractivity (Wildman–Crippen MR) is 216 cm³/mol. The first-order chi connectivity index (χ1) is 26.3. The molecule has 55 heavy (non-hydrogen) atoms. The summed E-state index contributed by atoms with van der Waals surface area (Å²) < 4.78 is 12.1. The van der Waals surface area contributed by atoms with Gasteiger partial charge in [-0.25, -0.2) is 4.98 Å². The number of likely N-dealkylation sites (N-methyl/N-ethyl adjacent to an activating group) is 1. The molecule has 0 bridgehead atoms. The lowest BCUT2D eigenvalue weighted by atomic mass is 9.88. The molecule has 4 rings (SSSR count). The van der Waals surface area contributed by atoms with Gasteiger partial charge in [-0.2, -0.15) is 0 Å². The lowest BCUT2D eigenvalue weighted by Crippen LogP contribution is -2.63. The summed E-state index contributed by atoms with van der Waals surface area (Å²) in [5.74, 6) is -1.34. The van der Waals surface area contributed by atoms with Crippen molar-refractivity contribution in [3.05, 3.63) is 52.5 Å². The first-order valence-electron chi connectivity index (χ1n) is 20.2. The summed E-state index contributed by atoms with van der Waals surface area (Å²) in [5.41, 5.74) is 0.370. The van der Waals surface area contributed by atoms with Crippen LogP contribution >= 0.6 is 11.3 Å². The molecule has 0 radical (unpaired) electrons. The number of aromatic nitrogens is 1. The third kappa shape index (κ3) is 11.1. The maximum Gasteiger partial charge on any atom is 0.245 e. The van der Waals surface area contributed by atoms with E-state index in [4.69, 9.17) is 9.47 Å². The second kappa shape index (κ2) is 20.7. The topological polar surface area (TPSA) is 142 Å². The van der Waals surface area contributed by atoms with E-state index in [1.807, 2.05) is 68.3 Å². The molecule has 9 atom stereocenters. The Morgan fingerprint density at radius 2 is 1.78 bits per heavy atom. The first-order valence-corrected chi connectivity index (χ1v) is 21.1. The van der Waals surface area contributed by atoms with Gasteiger partial charge in [0.05, 0.1) is 48.2 Å². The van der Waals surface area contributed by atoms with Crippen molar-refractivity contribution in [1.29, 1.82) is 0 Å². The Bertz CT molecular complexity index is 1520. The number of piperidine rings is 1. The minimum atomic E-state index is -0.737. The molecule has 3 heterocycles. The number of amides is 4. The van der Waals surface area contributed by atoms with Crippen molar-refractivity contribution in [1.82, 2.24) is 30.7 Å². The Balaban J connectivity index is 1.47. The SMILES string of the molecule is CC[C@H](C)C([C@@H](CC(=O)N1CCC[C@H]1[C@H](OC)[C@@H](C)C(=O)N[C@@H](Cc1ccccc1)c1nccs1)OC)N(C)C(=O)[C@@H](NC(=O)[C@]1(C)CCCCN1)C(C)C. The van der Waals surface area contributed by atoms with E-state index in [2.05, 4.69) is 34.8 Å². The molecular formula is C42H66N6O6S. The second-order valence-electron chi connectivity index (χ2n) is 16.1. The largest absolute Gasteiger partial charge is 0.379 e. The third-order valence-electron chi connectivity index (χ3n) is 11.9. The zero-order valence-electron chi connectivity index (χ0n) is 34.5. The minimum absolute atomic E-state index is 0.000717. The number of benzene rings is 1. The Morgan fingerprint density at radius 1 is 1.05 bits per heavy atom. The number of methoxy groups -OCH3 is 2. The van der Waals surface area contributed by atoms with Crippen LogP contribution in [0.4, 0.5) is 0 Å². The molecule has 0 spiro atoms. The van der Waals surface area contributed by atoms with E-state index >= 15 is 0 Å². The molecule has 2 saturated heterocycles. The minimum Gasteiger partial charge on any atom is -0.379 e. The molecule has 1 aromatic heterocycles. The number of carbonyl (C=O) groups is 4. The number of carbonyl (C=O) groups excluding carboxylic acids is 4. The summed E-state index contributed by atoms with van der Waals surface area (Å²) in [6.07, 6.45) is 6.21. The number of nitrogens with zero attached hydrogens (tertiary/aromatic N) is 3. The van der Waals surface area contributed by atoms with Crippen LogP contribution < -0.4 is 16.0 Å². The fourth-order valence-corrected chi connectivity index (χ4v) is 9.04. The van der Waals surface area contributed by atoms with Crippen LogP contribution in [0.2, 0.25) is 0 Å². The lowest BCUT2D eigenvalue weighted by Gasteiger charge is -2.41. The van der Waals surface area contributed by atoms with Gasteiger partial charge >= 0.3 is 0 Å². The van der Waals surface area contributed by atoms with Crippen LogP contribution in [0.15, 0.2) is 41.9 Å². The van der Waals surface area contributed by atoms with Crippen LogP contribution in [0, 0.1) is 17.8 Å². The Morgan fingerprint density at radius 3 is 2.36 bits per heavy atom. The third-order valence-corrected chi connectivity index (χ3v) is 12.8. The molecule has 3 N–H and O–H groups in total. The first kappa shape index (κ1) is 44.3. The quantitative estimate of drug-likeness (QED) is 0.178. The van der Waals surface area contributed by atoms with Gasteiger partial charge in [0.2, 0.25) is 23.6 Å². The molecule has 2 aromatic rings. The van der Waals surface area contributed by atoms with Crippen molar-refractivity contribution in [2.45, 2.75) is 135 Å². The highest BCUT2D eigenvalue weighted by molar-refractivity contribution is 7.09. The van der Waals surface area contributed by atoms with Crippen LogP contribution in [-0.2, 0) is 35.1 Å². The highest BCUT2D eigenvalue weighted by atomic mass is 32.1. The fraction of sp³-hybridized carbons (Fsp3) is 0.690. The summed E-state index contributed by atoms with van der Waals surface area (Å²) in [5, 5.41) is 12.4.